The summed E-state index contributed by atoms with van der Waals surface area (Å²) < 4.78 is 5.81. The summed E-state index contributed by atoms with van der Waals surface area (Å²) in [5.41, 5.74) is 0.125. The van der Waals surface area contributed by atoms with Crippen LogP contribution in [0.3, 0.4) is 0 Å². The summed E-state index contributed by atoms with van der Waals surface area (Å²) >= 11 is 4.54. The Morgan fingerprint density at radius 2 is 2.26 bits per heavy atom. The lowest BCUT2D eigenvalue weighted by Crippen LogP contribution is -2.18. The number of nitrogens with one attached hydrogen (secondary N) is 2. The van der Waals surface area contributed by atoms with Crippen LogP contribution in [0.4, 0.5) is 5.82 Å². The third kappa shape index (κ3) is 3.21. The van der Waals surface area contributed by atoms with Gasteiger partial charge in [0.2, 0.25) is 0 Å². The molecule has 0 unspecified atom stereocenters. The molecule has 2 aromatic heterocycles. The fourth-order valence-corrected chi connectivity index (χ4v) is 2.97. The van der Waals surface area contributed by atoms with Crippen molar-refractivity contribution >= 4 is 39.0 Å². The number of rotatable bonds is 3. The van der Waals surface area contributed by atoms with Gasteiger partial charge in [-0.1, -0.05) is 0 Å². The van der Waals surface area contributed by atoms with Gasteiger partial charge in [-0.25, -0.2) is 4.79 Å². The molecule has 100 valence electrons. The van der Waals surface area contributed by atoms with E-state index < -0.39 is 5.69 Å². The predicted octanol–water partition coefficient (Wildman–Crippen LogP) is 2.16. The minimum absolute atomic E-state index is 0.217. The molecular weight excluding hydrogens is 334 g/mol. The Hall–Kier alpha value is -1.67. The van der Waals surface area contributed by atoms with Gasteiger partial charge in [-0.05, 0) is 22.9 Å². The lowest BCUT2D eigenvalue weighted by molar-refractivity contribution is 0.103. The number of aromatic nitrogens is 2. The number of halogens is 1. The predicted molar refractivity (Wildman–Crippen MR) is 76.1 cm³/mol. The number of anilines is 1. The Balaban J connectivity index is 2.22. The maximum atomic E-state index is 12.0. The zero-order valence-corrected chi connectivity index (χ0v) is 12.5. The molecule has 2 N–H and O–H groups in total. The minimum Gasteiger partial charge on any atom is -0.495 e. The molecule has 6 nitrogen and oxygen atoms in total. The molecule has 0 aliphatic carbocycles. The van der Waals surface area contributed by atoms with Gasteiger partial charge in [-0.15, -0.1) is 11.3 Å². The summed E-state index contributed by atoms with van der Waals surface area (Å²) in [5, 5.41) is 2.57. The van der Waals surface area contributed by atoms with E-state index in [1.54, 1.807) is 19.1 Å². The first kappa shape index (κ1) is 13.8. The standard InChI is InChI=1S/C11H10BrN3O3S/c1-5-3-8(15-11(17)13-5)14-10(16)7-4-6(18-2)9(12)19-7/h3-4H,1-2H3,(H2,13,14,15,16,17). The molecule has 0 radical (unpaired) electrons. The lowest BCUT2D eigenvalue weighted by atomic mass is 10.4. The van der Waals surface area contributed by atoms with Crippen LogP contribution in [-0.2, 0) is 0 Å². The second kappa shape index (κ2) is 5.54. The molecule has 2 heterocycles. The van der Waals surface area contributed by atoms with E-state index in [-0.39, 0.29) is 11.7 Å². The van der Waals surface area contributed by atoms with Gasteiger partial charge in [0.1, 0.15) is 15.4 Å². The zero-order chi connectivity index (χ0) is 14.0. The number of aromatic amines is 1. The number of H-pyrrole nitrogens is 1. The topological polar surface area (TPSA) is 84.1 Å². The van der Waals surface area contributed by atoms with E-state index in [1.807, 2.05) is 0 Å². The Morgan fingerprint density at radius 1 is 1.53 bits per heavy atom. The Morgan fingerprint density at radius 3 is 2.84 bits per heavy atom. The van der Waals surface area contributed by atoms with Crippen molar-refractivity contribution in [2.24, 2.45) is 0 Å². The number of ether oxygens (including phenoxy) is 1. The first-order valence-electron chi connectivity index (χ1n) is 5.22. The summed E-state index contributed by atoms with van der Waals surface area (Å²) in [4.78, 5) is 29.8. The normalized spacial score (nSPS) is 10.3. The van der Waals surface area contributed by atoms with Crippen molar-refractivity contribution in [3.63, 3.8) is 0 Å². The highest BCUT2D eigenvalue weighted by atomic mass is 79.9. The van der Waals surface area contributed by atoms with Crippen molar-refractivity contribution in [2.45, 2.75) is 6.92 Å². The molecule has 2 rings (SSSR count). The van der Waals surface area contributed by atoms with Crippen LogP contribution in [0.25, 0.3) is 0 Å². The fourth-order valence-electron chi connectivity index (χ4n) is 1.42. The van der Waals surface area contributed by atoms with E-state index in [0.717, 1.165) is 3.79 Å². The van der Waals surface area contributed by atoms with E-state index >= 15 is 0 Å². The number of hydrogen-bond acceptors (Lipinski definition) is 5. The highest BCUT2D eigenvalue weighted by molar-refractivity contribution is 9.11. The molecule has 0 aliphatic rings. The van der Waals surface area contributed by atoms with Gasteiger partial charge in [-0.2, -0.15) is 4.98 Å². The highest BCUT2D eigenvalue weighted by Crippen LogP contribution is 2.34. The second-order valence-electron chi connectivity index (χ2n) is 3.66. The first-order valence-corrected chi connectivity index (χ1v) is 6.83. The van der Waals surface area contributed by atoms with Gasteiger partial charge in [0.15, 0.2) is 0 Å². The summed E-state index contributed by atoms with van der Waals surface area (Å²) in [6.45, 7) is 1.71. The quantitative estimate of drug-likeness (QED) is 0.894. The summed E-state index contributed by atoms with van der Waals surface area (Å²) in [6, 6.07) is 3.20. The SMILES string of the molecule is COc1cc(C(=O)Nc2cc(C)[nH]c(=O)n2)sc1Br. The fraction of sp³-hybridized carbons (Fsp3) is 0.182. The van der Waals surface area contributed by atoms with Crippen LogP contribution in [-0.4, -0.2) is 23.0 Å². The Kier molecular flexibility index (Phi) is 4.01. The highest BCUT2D eigenvalue weighted by Gasteiger charge is 2.14. The van der Waals surface area contributed by atoms with Crippen LogP contribution >= 0.6 is 27.3 Å². The molecule has 0 atom stereocenters. The van der Waals surface area contributed by atoms with E-state index in [9.17, 15) is 9.59 Å². The number of nitrogens with zero attached hydrogens (tertiary/aromatic N) is 1. The van der Waals surface area contributed by atoms with Crippen molar-refractivity contribution in [3.05, 3.63) is 37.0 Å². The largest absolute Gasteiger partial charge is 0.495 e. The molecule has 0 fully saturated rings. The zero-order valence-electron chi connectivity index (χ0n) is 10.1. The van der Waals surface area contributed by atoms with Crippen molar-refractivity contribution in [1.29, 1.82) is 0 Å². The van der Waals surface area contributed by atoms with Gasteiger partial charge in [0.05, 0.1) is 12.0 Å². The summed E-state index contributed by atoms with van der Waals surface area (Å²) in [5.74, 6) is 0.464. The number of aryl methyl sites for hydroxylation is 1. The monoisotopic (exact) mass is 343 g/mol. The molecule has 0 saturated heterocycles. The molecule has 8 heteroatoms. The van der Waals surface area contributed by atoms with Crippen LogP contribution in [0.2, 0.25) is 0 Å². The molecule has 19 heavy (non-hydrogen) atoms. The number of carbonyl (C=O) groups excluding carboxylic acids is 1. The van der Waals surface area contributed by atoms with Crippen LogP contribution in [0.1, 0.15) is 15.4 Å². The number of methoxy groups -OCH3 is 1. The van der Waals surface area contributed by atoms with Crippen molar-refractivity contribution in [3.8, 4) is 5.75 Å². The van der Waals surface area contributed by atoms with Crippen molar-refractivity contribution in [1.82, 2.24) is 9.97 Å². The number of hydrogen-bond donors (Lipinski definition) is 2. The number of thiophene rings is 1. The molecule has 0 saturated carbocycles. The molecule has 0 spiro atoms. The first-order chi connectivity index (χ1) is 8.99. The minimum atomic E-state index is -0.500. The molecule has 0 aromatic carbocycles. The third-order valence-corrected chi connectivity index (χ3v) is 4.00. The number of carbonyl (C=O) groups is 1. The van der Waals surface area contributed by atoms with Gasteiger partial charge in [0, 0.05) is 17.8 Å². The molecule has 1 amide bonds. The molecular formula is C11H10BrN3O3S. The van der Waals surface area contributed by atoms with Crippen LogP contribution < -0.4 is 15.7 Å². The van der Waals surface area contributed by atoms with E-state index in [4.69, 9.17) is 4.74 Å². The Labute approximate surface area is 121 Å². The molecule has 2 aromatic rings. The van der Waals surface area contributed by atoms with E-state index in [2.05, 4.69) is 31.2 Å². The molecule has 0 bridgehead atoms. The maximum absolute atomic E-state index is 12.0. The average Bonchev–Trinajstić information content (AvgIpc) is 2.69. The van der Waals surface area contributed by atoms with Gasteiger partial charge < -0.3 is 15.0 Å². The average molecular weight is 344 g/mol. The number of amides is 1. The van der Waals surface area contributed by atoms with E-state index in [0.29, 0.717) is 16.3 Å². The smallest absolute Gasteiger partial charge is 0.347 e. The van der Waals surface area contributed by atoms with Gasteiger partial charge >= 0.3 is 5.69 Å². The van der Waals surface area contributed by atoms with Crippen LogP contribution in [0.15, 0.2) is 20.7 Å². The maximum Gasteiger partial charge on any atom is 0.347 e. The summed E-state index contributed by atoms with van der Waals surface area (Å²) in [7, 11) is 1.52. The van der Waals surface area contributed by atoms with Crippen LogP contribution in [0, 0.1) is 6.92 Å². The summed E-state index contributed by atoms with van der Waals surface area (Å²) in [6.07, 6.45) is 0. The van der Waals surface area contributed by atoms with Gasteiger partial charge in [0.25, 0.3) is 5.91 Å². The van der Waals surface area contributed by atoms with E-state index in [1.165, 1.54) is 18.4 Å². The Bertz CT molecular complexity index is 680. The lowest BCUT2D eigenvalue weighted by Gasteiger charge is -2.02. The van der Waals surface area contributed by atoms with Gasteiger partial charge in [-0.3, -0.25) is 4.79 Å². The third-order valence-electron chi connectivity index (χ3n) is 2.22. The second-order valence-corrected chi connectivity index (χ2v) is 6.03. The van der Waals surface area contributed by atoms with Crippen molar-refractivity contribution in [2.75, 3.05) is 12.4 Å². The van der Waals surface area contributed by atoms with Crippen molar-refractivity contribution < 1.29 is 9.53 Å². The molecule has 0 aliphatic heterocycles. The van der Waals surface area contributed by atoms with Crippen LogP contribution in [0.5, 0.6) is 5.75 Å².